The van der Waals surface area contributed by atoms with Crippen LogP contribution in [0.1, 0.15) is 0 Å². The zero-order valence-corrected chi connectivity index (χ0v) is 8.36. The minimum absolute atomic E-state index is 0.132. The van der Waals surface area contributed by atoms with Crippen LogP contribution in [0, 0.1) is 0 Å². The summed E-state index contributed by atoms with van der Waals surface area (Å²) in [5.74, 6) is -0.264. The lowest BCUT2D eigenvalue weighted by molar-refractivity contribution is 0.404. The van der Waals surface area contributed by atoms with E-state index in [1.54, 1.807) is 0 Å². The number of nitrogens with one attached hydrogen (secondary N) is 2. The van der Waals surface area contributed by atoms with Gasteiger partial charge in [0.05, 0.1) is 22.7 Å². The number of aromatic hydroxyl groups is 2. The molecule has 2 aromatic rings. The number of anilines is 4. The number of rotatable bonds is 0. The molecule has 16 heavy (non-hydrogen) atoms. The average Bonchev–Trinajstić information content (AvgIpc) is 2.28. The van der Waals surface area contributed by atoms with E-state index >= 15 is 0 Å². The minimum Gasteiger partial charge on any atom is -0.504 e. The molecular formula is C12H10N2O2. The lowest BCUT2D eigenvalue weighted by atomic mass is 10.1. The highest BCUT2D eigenvalue weighted by Crippen LogP contribution is 2.42. The van der Waals surface area contributed by atoms with E-state index in [4.69, 9.17) is 0 Å². The maximum Gasteiger partial charge on any atom is 0.159 e. The molecule has 4 heteroatoms. The van der Waals surface area contributed by atoms with Crippen LogP contribution >= 0.6 is 0 Å². The standard InChI is InChI=1S/C12H10N2O2/c15-11-5-9-10(6-12(11)16)14-8-4-2-1-3-7(8)13-9/h1-6,13-16H. The third kappa shape index (κ3) is 1.24. The number of phenolic OH excluding ortho intramolecular Hbond substituents is 2. The second-order valence-electron chi connectivity index (χ2n) is 3.68. The first-order valence-electron chi connectivity index (χ1n) is 4.93. The Morgan fingerprint density at radius 3 is 1.56 bits per heavy atom. The second kappa shape index (κ2) is 3.06. The van der Waals surface area contributed by atoms with Crippen molar-refractivity contribution in [1.82, 2.24) is 0 Å². The molecule has 1 aliphatic rings. The molecule has 1 aliphatic heterocycles. The molecule has 1 heterocycles. The molecule has 4 nitrogen and oxygen atoms in total. The number of para-hydroxylation sites is 2. The first-order valence-corrected chi connectivity index (χ1v) is 4.93. The Labute approximate surface area is 92.2 Å². The van der Waals surface area contributed by atoms with E-state index in [-0.39, 0.29) is 11.5 Å². The summed E-state index contributed by atoms with van der Waals surface area (Å²) in [5, 5.41) is 25.2. The molecule has 0 saturated heterocycles. The highest BCUT2D eigenvalue weighted by Gasteiger charge is 2.15. The molecule has 0 atom stereocenters. The van der Waals surface area contributed by atoms with Gasteiger partial charge in [0.1, 0.15) is 0 Å². The Morgan fingerprint density at radius 1 is 0.688 bits per heavy atom. The zero-order chi connectivity index (χ0) is 11.1. The molecule has 3 rings (SSSR count). The van der Waals surface area contributed by atoms with Crippen molar-refractivity contribution in [2.45, 2.75) is 0 Å². The quantitative estimate of drug-likeness (QED) is 0.343. The number of benzene rings is 2. The average molecular weight is 214 g/mol. The lowest BCUT2D eigenvalue weighted by Gasteiger charge is -2.23. The molecule has 0 bridgehead atoms. The van der Waals surface area contributed by atoms with Crippen molar-refractivity contribution in [3.63, 3.8) is 0 Å². The fourth-order valence-corrected chi connectivity index (χ4v) is 1.77. The molecule has 0 unspecified atom stereocenters. The van der Waals surface area contributed by atoms with Crippen LogP contribution in [0.5, 0.6) is 11.5 Å². The molecule has 2 aromatic carbocycles. The Bertz CT molecular complexity index is 517. The molecule has 80 valence electrons. The molecule has 0 saturated carbocycles. The van der Waals surface area contributed by atoms with Crippen molar-refractivity contribution in [2.75, 3.05) is 10.6 Å². The van der Waals surface area contributed by atoms with Gasteiger partial charge in [-0.3, -0.25) is 0 Å². The van der Waals surface area contributed by atoms with E-state index in [2.05, 4.69) is 10.6 Å². The van der Waals surface area contributed by atoms with Gasteiger partial charge in [-0.25, -0.2) is 0 Å². The summed E-state index contributed by atoms with van der Waals surface area (Å²) >= 11 is 0. The highest BCUT2D eigenvalue weighted by molar-refractivity contribution is 5.91. The van der Waals surface area contributed by atoms with Gasteiger partial charge in [-0.15, -0.1) is 0 Å². The van der Waals surface area contributed by atoms with Gasteiger partial charge < -0.3 is 20.8 Å². The van der Waals surface area contributed by atoms with E-state index in [9.17, 15) is 10.2 Å². The fourth-order valence-electron chi connectivity index (χ4n) is 1.77. The van der Waals surface area contributed by atoms with E-state index in [0.29, 0.717) is 0 Å². The third-order valence-electron chi connectivity index (χ3n) is 2.58. The van der Waals surface area contributed by atoms with Crippen LogP contribution in [0.2, 0.25) is 0 Å². The molecule has 4 N–H and O–H groups in total. The molecule has 0 aliphatic carbocycles. The largest absolute Gasteiger partial charge is 0.504 e. The summed E-state index contributed by atoms with van der Waals surface area (Å²) < 4.78 is 0. The summed E-state index contributed by atoms with van der Waals surface area (Å²) in [6.07, 6.45) is 0. The van der Waals surface area contributed by atoms with Crippen LogP contribution in [-0.2, 0) is 0 Å². The van der Waals surface area contributed by atoms with Gasteiger partial charge in [-0.2, -0.15) is 0 Å². The summed E-state index contributed by atoms with van der Waals surface area (Å²) in [4.78, 5) is 0. The van der Waals surface area contributed by atoms with Gasteiger partial charge in [0.25, 0.3) is 0 Å². The van der Waals surface area contributed by atoms with Gasteiger partial charge in [0.15, 0.2) is 11.5 Å². The van der Waals surface area contributed by atoms with Crippen LogP contribution in [-0.4, -0.2) is 10.2 Å². The number of fused-ring (bicyclic) bond motifs is 2. The van der Waals surface area contributed by atoms with Crippen LogP contribution in [0.4, 0.5) is 22.7 Å². The highest BCUT2D eigenvalue weighted by atomic mass is 16.3. The van der Waals surface area contributed by atoms with Crippen molar-refractivity contribution in [2.24, 2.45) is 0 Å². The van der Waals surface area contributed by atoms with E-state index in [1.807, 2.05) is 24.3 Å². The fraction of sp³-hybridized carbons (Fsp3) is 0. The van der Waals surface area contributed by atoms with Crippen LogP contribution in [0.15, 0.2) is 36.4 Å². The second-order valence-corrected chi connectivity index (χ2v) is 3.68. The minimum atomic E-state index is -0.132. The summed E-state index contributed by atoms with van der Waals surface area (Å²) in [6, 6.07) is 10.7. The summed E-state index contributed by atoms with van der Waals surface area (Å²) in [6.45, 7) is 0. The topological polar surface area (TPSA) is 64.5 Å². The molecule has 0 spiro atoms. The lowest BCUT2D eigenvalue weighted by Crippen LogP contribution is -2.05. The SMILES string of the molecule is Oc1cc2c(cc1O)Nc1ccccc1N2. The monoisotopic (exact) mass is 214 g/mol. The molecule has 0 aromatic heterocycles. The van der Waals surface area contributed by atoms with Gasteiger partial charge in [0.2, 0.25) is 0 Å². The van der Waals surface area contributed by atoms with Crippen molar-refractivity contribution in [1.29, 1.82) is 0 Å². The molecular weight excluding hydrogens is 204 g/mol. The van der Waals surface area contributed by atoms with E-state index < -0.39 is 0 Å². The Balaban J connectivity index is 2.12. The summed E-state index contributed by atoms with van der Waals surface area (Å²) in [7, 11) is 0. The number of hydrogen-bond acceptors (Lipinski definition) is 4. The van der Waals surface area contributed by atoms with Crippen LogP contribution < -0.4 is 10.6 Å². The van der Waals surface area contributed by atoms with Gasteiger partial charge in [0, 0.05) is 12.1 Å². The van der Waals surface area contributed by atoms with Crippen molar-refractivity contribution < 1.29 is 10.2 Å². The van der Waals surface area contributed by atoms with Crippen molar-refractivity contribution >= 4 is 22.7 Å². The van der Waals surface area contributed by atoms with Gasteiger partial charge in [-0.05, 0) is 12.1 Å². The van der Waals surface area contributed by atoms with Crippen molar-refractivity contribution in [3.8, 4) is 11.5 Å². The number of hydrogen-bond donors (Lipinski definition) is 4. The van der Waals surface area contributed by atoms with Gasteiger partial charge >= 0.3 is 0 Å². The molecule has 0 amide bonds. The van der Waals surface area contributed by atoms with E-state index in [1.165, 1.54) is 12.1 Å². The van der Waals surface area contributed by atoms with Gasteiger partial charge in [-0.1, -0.05) is 12.1 Å². The van der Waals surface area contributed by atoms with E-state index in [0.717, 1.165) is 22.7 Å². The normalized spacial score (nSPS) is 12.0. The van der Waals surface area contributed by atoms with Crippen molar-refractivity contribution in [3.05, 3.63) is 36.4 Å². The Hall–Kier alpha value is -2.36. The first-order chi connectivity index (χ1) is 7.74. The molecule has 0 fully saturated rings. The molecule has 0 radical (unpaired) electrons. The predicted octanol–water partition coefficient (Wildman–Crippen LogP) is 2.90. The predicted molar refractivity (Wildman–Crippen MR) is 62.8 cm³/mol. The van der Waals surface area contributed by atoms with Crippen LogP contribution in [0.3, 0.4) is 0 Å². The Kier molecular flexibility index (Phi) is 1.71. The third-order valence-corrected chi connectivity index (χ3v) is 2.58. The zero-order valence-electron chi connectivity index (χ0n) is 8.36. The Morgan fingerprint density at radius 2 is 1.12 bits per heavy atom. The smallest absolute Gasteiger partial charge is 0.159 e. The maximum atomic E-state index is 9.41. The van der Waals surface area contributed by atoms with Crippen LogP contribution in [0.25, 0.3) is 0 Å². The first kappa shape index (κ1) is 8.91. The number of phenols is 2. The maximum absolute atomic E-state index is 9.41. The summed E-state index contributed by atoms with van der Waals surface area (Å²) in [5.41, 5.74) is 3.38.